The van der Waals surface area contributed by atoms with E-state index in [1.165, 1.54) is 27.8 Å². The average Bonchev–Trinajstić information content (AvgIpc) is 3.13. The van der Waals surface area contributed by atoms with Gasteiger partial charge in [0.15, 0.2) is 0 Å². The second kappa shape index (κ2) is 10.7. The van der Waals surface area contributed by atoms with Crippen LogP contribution in [0.5, 0.6) is 0 Å². The van der Waals surface area contributed by atoms with Gasteiger partial charge in [-0.2, -0.15) is 0 Å². The molecule has 3 heterocycles. The molecule has 3 aromatic rings. The molecule has 1 aromatic heterocycles. The summed E-state index contributed by atoms with van der Waals surface area (Å²) in [4.78, 5) is 33.7. The number of benzene rings is 2. The molecule has 0 bridgehead atoms. The smallest absolute Gasteiger partial charge is 0.225 e. The fourth-order valence-electron chi connectivity index (χ4n) is 6.29. The minimum Gasteiger partial charge on any atom is -0.371 e. The van der Waals surface area contributed by atoms with Gasteiger partial charge in [0.25, 0.3) is 0 Å². The maximum atomic E-state index is 13.5. The van der Waals surface area contributed by atoms with Crippen LogP contribution in [0.25, 0.3) is 5.57 Å². The molecule has 0 saturated carbocycles. The number of pyridine rings is 1. The Kier molecular flexibility index (Phi) is 7.03. The van der Waals surface area contributed by atoms with Crippen LogP contribution in [-0.4, -0.2) is 48.3 Å². The summed E-state index contributed by atoms with van der Waals surface area (Å²) in [5.74, 6) is 0.384. The maximum absolute atomic E-state index is 13.5. The number of nitrogens with zero attached hydrogens (tertiary/aromatic N) is 3. The van der Waals surface area contributed by atoms with Gasteiger partial charge in [-0.25, -0.2) is 0 Å². The minimum atomic E-state index is 0.0813. The molecule has 2 fully saturated rings. The maximum Gasteiger partial charge on any atom is 0.225 e. The van der Waals surface area contributed by atoms with Gasteiger partial charge in [0.2, 0.25) is 5.91 Å². The van der Waals surface area contributed by atoms with Crippen LogP contribution in [0.15, 0.2) is 66.4 Å². The van der Waals surface area contributed by atoms with Crippen molar-refractivity contribution in [2.75, 3.05) is 31.1 Å². The lowest BCUT2D eigenvalue weighted by atomic mass is 9.88. The van der Waals surface area contributed by atoms with Crippen LogP contribution >= 0.6 is 11.6 Å². The van der Waals surface area contributed by atoms with Crippen LogP contribution < -0.4 is 4.90 Å². The third-order valence-corrected chi connectivity index (χ3v) is 8.63. The first kappa shape index (κ1) is 24.9. The van der Waals surface area contributed by atoms with Crippen molar-refractivity contribution >= 4 is 35.1 Å². The highest BCUT2D eigenvalue weighted by molar-refractivity contribution is 6.30. The van der Waals surface area contributed by atoms with E-state index in [2.05, 4.69) is 28.0 Å². The van der Waals surface area contributed by atoms with Gasteiger partial charge in [0.1, 0.15) is 6.29 Å². The van der Waals surface area contributed by atoms with E-state index in [0.29, 0.717) is 11.5 Å². The second-order valence-corrected chi connectivity index (χ2v) is 11.0. The number of aromatic nitrogens is 1. The number of anilines is 1. The number of carbonyl (C=O) groups excluding carboxylic acids is 2. The summed E-state index contributed by atoms with van der Waals surface area (Å²) < 4.78 is 0. The van der Waals surface area contributed by atoms with E-state index >= 15 is 0 Å². The van der Waals surface area contributed by atoms with Gasteiger partial charge in [0, 0.05) is 60.1 Å². The number of halogens is 1. The molecule has 0 atom stereocenters. The van der Waals surface area contributed by atoms with E-state index in [0.717, 1.165) is 87.4 Å². The molecule has 1 aliphatic carbocycles. The number of likely N-dealkylation sites (tertiary alicyclic amines) is 1. The Labute approximate surface area is 229 Å². The van der Waals surface area contributed by atoms with E-state index in [-0.39, 0.29) is 5.92 Å². The van der Waals surface area contributed by atoms with Crippen molar-refractivity contribution < 1.29 is 9.59 Å². The lowest BCUT2D eigenvalue weighted by Gasteiger charge is -2.37. The molecule has 0 N–H and O–H groups in total. The summed E-state index contributed by atoms with van der Waals surface area (Å²) in [5.41, 5.74) is 9.37. The van der Waals surface area contributed by atoms with E-state index in [1.54, 1.807) is 0 Å². The van der Waals surface area contributed by atoms with Crippen LogP contribution in [0.1, 0.15) is 58.4 Å². The minimum absolute atomic E-state index is 0.0813. The number of hydrogen-bond acceptors (Lipinski definition) is 4. The van der Waals surface area contributed by atoms with Gasteiger partial charge in [-0.05, 0) is 97.7 Å². The molecule has 0 spiro atoms. The molecular weight excluding hydrogens is 494 g/mol. The van der Waals surface area contributed by atoms with Crippen molar-refractivity contribution in [1.82, 2.24) is 9.88 Å². The van der Waals surface area contributed by atoms with Crippen molar-refractivity contribution in [3.8, 4) is 0 Å². The summed E-state index contributed by atoms with van der Waals surface area (Å²) >= 11 is 6.37. The van der Waals surface area contributed by atoms with Gasteiger partial charge in [-0.1, -0.05) is 29.3 Å². The summed E-state index contributed by atoms with van der Waals surface area (Å²) in [6, 6.07) is 18.2. The molecule has 0 radical (unpaired) electrons. The predicted octanol–water partition coefficient (Wildman–Crippen LogP) is 5.99. The molecule has 5 nitrogen and oxygen atoms in total. The molecule has 2 saturated heterocycles. The largest absolute Gasteiger partial charge is 0.371 e. The highest BCUT2D eigenvalue weighted by Gasteiger charge is 2.31. The SMILES string of the molecule is O=Cc1ccc(N2CCC(C(=O)N3CCC(=C4c5ccc(Cl)cc5CCc5cccnc54)CC3)CC2)cc1. The van der Waals surface area contributed by atoms with E-state index in [9.17, 15) is 9.59 Å². The summed E-state index contributed by atoms with van der Waals surface area (Å²) in [5, 5.41) is 0.774. The lowest BCUT2D eigenvalue weighted by Crippen LogP contribution is -2.44. The van der Waals surface area contributed by atoms with Crippen molar-refractivity contribution in [1.29, 1.82) is 0 Å². The van der Waals surface area contributed by atoms with Gasteiger partial charge < -0.3 is 9.80 Å². The summed E-state index contributed by atoms with van der Waals surface area (Å²) in [7, 11) is 0. The molecule has 6 heteroatoms. The zero-order chi connectivity index (χ0) is 26.1. The number of rotatable bonds is 3. The summed E-state index contributed by atoms with van der Waals surface area (Å²) in [6.07, 6.45) is 8.15. The van der Waals surface area contributed by atoms with Crippen molar-refractivity contribution in [3.05, 3.63) is 99.3 Å². The van der Waals surface area contributed by atoms with Crippen LogP contribution in [0, 0.1) is 5.92 Å². The summed E-state index contributed by atoms with van der Waals surface area (Å²) in [6.45, 7) is 3.25. The standard InChI is InChI=1S/C32H32ClN3O2/c33-27-7-10-29-26(20-27)6-5-24-2-1-15-34-31(24)30(29)23-11-18-36(19-12-23)32(38)25-13-16-35(17-14-25)28-8-3-22(21-37)4-9-28/h1-4,7-10,15,20-21,25H,5-6,11-14,16-19H2. The number of carbonyl (C=O) groups is 2. The molecule has 0 unspecified atom stereocenters. The van der Waals surface area contributed by atoms with Crippen LogP contribution in [0.4, 0.5) is 5.69 Å². The lowest BCUT2D eigenvalue weighted by molar-refractivity contribution is -0.136. The Morgan fingerprint density at radius 3 is 2.37 bits per heavy atom. The second-order valence-electron chi connectivity index (χ2n) is 10.6. The van der Waals surface area contributed by atoms with Gasteiger partial charge >= 0.3 is 0 Å². The third kappa shape index (κ3) is 4.88. The van der Waals surface area contributed by atoms with Crippen LogP contribution in [0.2, 0.25) is 5.02 Å². The Morgan fingerprint density at radius 2 is 1.63 bits per heavy atom. The molecule has 2 aliphatic heterocycles. The Hall–Kier alpha value is -3.44. The fraction of sp³-hybridized carbons (Fsp3) is 0.344. The van der Waals surface area contributed by atoms with E-state index < -0.39 is 0 Å². The molecule has 2 aromatic carbocycles. The fourth-order valence-corrected chi connectivity index (χ4v) is 6.48. The molecule has 194 valence electrons. The number of aryl methyl sites for hydroxylation is 2. The number of fused-ring (bicyclic) bond motifs is 2. The van der Waals surface area contributed by atoms with Gasteiger partial charge in [0.05, 0.1) is 5.69 Å². The van der Waals surface area contributed by atoms with Crippen LogP contribution in [-0.2, 0) is 17.6 Å². The Morgan fingerprint density at radius 1 is 0.895 bits per heavy atom. The third-order valence-electron chi connectivity index (χ3n) is 8.40. The monoisotopic (exact) mass is 525 g/mol. The molecule has 6 rings (SSSR count). The van der Waals surface area contributed by atoms with Crippen molar-refractivity contribution in [2.24, 2.45) is 5.92 Å². The first-order valence-corrected chi connectivity index (χ1v) is 14.0. The average molecular weight is 526 g/mol. The zero-order valence-corrected chi connectivity index (χ0v) is 22.3. The quantitative estimate of drug-likeness (QED) is 0.394. The van der Waals surface area contributed by atoms with E-state index in [4.69, 9.17) is 16.6 Å². The normalized spacial score (nSPS) is 18.0. The Balaban J connectivity index is 1.16. The van der Waals surface area contributed by atoms with Crippen LogP contribution in [0.3, 0.4) is 0 Å². The highest BCUT2D eigenvalue weighted by atomic mass is 35.5. The van der Waals surface area contributed by atoms with Crippen molar-refractivity contribution in [2.45, 2.75) is 38.5 Å². The topological polar surface area (TPSA) is 53.5 Å². The number of piperidine rings is 2. The number of hydrogen-bond donors (Lipinski definition) is 0. The van der Waals surface area contributed by atoms with Gasteiger partial charge in [-0.3, -0.25) is 14.6 Å². The molecular formula is C32H32ClN3O2. The molecule has 3 aliphatic rings. The molecule has 38 heavy (non-hydrogen) atoms. The Bertz CT molecular complexity index is 1380. The van der Waals surface area contributed by atoms with Gasteiger partial charge in [-0.15, -0.1) is 0 Å². The van der Waals surface area contributed by atoms with E-state index in [1.807, 2.05) is 42.6 Å². The van der Waals surface area contributed by atoms with Crippen molar-refractivity contribution in [3.63, 3.8) is 0 Å². The highest BCUT2D eigenvalue weighted by Crippen LogP contribution is 2.39. The predicted molar refractivity (Wildman–Crippen MR) is 152 cm³/mol. The first-order chi connectivity index (χ1) is 18.6. The molecule has 1 amide bonds. The number of aldehydes is 1. The zero-order valence-electron chi connectivity index (χ0n) is 21.5. The number of amides is 1. The first-order valence-electron chi connectivity index (χ1n) is 13.6.